The fraction of sp³-hybridized carbons (Fsp3) is 0.200. The van der Waals surface area contributed by atoms with E-state index in [9.17, 15) is 5.11 Å². The van der Waals surface area contributed by atoms with Gasteiger partial charge in [-0.25, -0.2) is 0 Å². The van der Waals surface area contributed by atoms with Crippen molar-refractivity contribution in [3.05, 3.63) is 42.0 Å². The van der Waals surface area contributed by atoms with Crippen LogP contribution in [0.4, 0.5) is 0 Å². The number of phenols is 1. The van der Waals surface area contributed by atoms with Gasteiger partial charge in [-0.15, -0.1) is 15.0 Å². The number of fused-ring (bicyclic) bond motifs is 1. The lowest BCUT2D eigenvalue weighted by molar-refractivity contribution is 0.340. The lowest BCUT2D eigenvalue weighted by Crippen LogP contribution is -1.99. The van der Waals surface area contributed by atoms with Crippen LogP contribution in [0.1, 0.15) is 12.5 Å². The summed E-state index contributed by atoms with van der Waals surface area (Å²) in [6, 6.07) is 10.9. The van der Waals surface area contributed by atoms with Gasteiger partial charge in [0.15, 0.2) is 0 Å². The molecule has 5 nitrogen and oxygen atoms in total. The van der Waals surface area contributed by atoms with Crippen molar-refractivity contribution in [3.8, 4) is 17.2 Å². The van der Waals surface area contributed by atoms with Gasteiger partial charge in [0.2, 0.25) is 0 Å². The third-order valence-electron chi connectivity index (χ3n) is 3.07. The van der Waals surface area contributed by atoms with Gasteiger partial charge in [-0.2, -0.15) is 0 Å². The van der Waals surface area contributed by atoms with Crippen LogP contribution < -0.4 is 4.74 Å². The minimum atomic E-state index is 0.144. The van der Waals surface area contributed by atoms with Gasteiger partial charge in [0, 0.05) is 11.4 Å². The van der Waals surface area contributed by atoms with Crippen molar-refractivity contribution in [2.75, 3.05) is 6.61 Å². The first-order valence-electron chi connectivity index (χ1n) is 6.59. The molecule has 0 aliphatic heterocycles. The first-order valence-corrected chi connectivity index (χ1v) is 7.71. The lowest BCUT2D eigenvalue weighted by atomic mass is 10.2. The molecule has 0 aliphatic rings. The van der Waals surface area contributed by atoms with Gasteiger partial charge in [-0.3, -0.25) is 0 Å². The maximum atomic E-state index is 10.0. The second kappa shape index (κ2) is 5.73. The molecule has 1 N–H and O–H groups in total. The molecule has 0 unspecified atom stereocenters. The Morgan fingerprint density at radius 1 is 1.14 bits per heavy atom. The average Bonchev–Trinajstić information content (AvgIpc) is 2.91. The molecule has 6 heteroatoms. The highest BCUT2D eigenvalue weighted by molar-refractivity contribution is 9.08. The van der Waals surface area contributed by atoms with Crippen molar-refractivity contribution >= 4 is 27.0 Å². The van der Waals surface area contributed by atoms with E-state index in [4.69, 9.17) is 4.74 Å². The van der Waals surface area contributed by atoms with Gasteiger partial charge < -0.3 is 9.84 Å². The fourth-order valence-electron chi connectivity index (χ4n) is 2.07. The quantitative estimate of drug-likeness (QED) is 0.734. The number of halogens is 1. The van der Waals surface area contributed by atoms with Gasteiger partial charge in [0.1, 0.15) is 28.2 Å². The molecular formula is C15H14BrN3O2. The molecule has 2 aromatic carbocycles. The first-order chi connectivity index (χ1) is 10.2. The summed E-state index contributed by atoms with van der Waals surface area (Å²) in [6.45, 7) is 2.54. The highest BCUT2D eigenvalue weighted by atomic mass is 79.9. The Labute approximate surface area is 130 Å². The number of aromatic hydroxyl groups is 1. The second-order valence-electron chi connectivity index (χ2n) is 4.53. The normalized spacial score (nSPS) is 11.0. The Balaban J connectivity index is 2.08. The Morgan fingerprint density at radius 2 is 1.95 bits per heavy atom. The molecule has 0 saturated heterocycles. The fourth-order valence-corrected chi connectivity index (χ4v) is 2.42. The van der Waals surface area contributed by atoms with Crippen LogP contribution in [0.2, 0.25) is 0 Å². The topological polar surface area (TPSA) is 60.2 Å². The molecule has 0 aliphatic carbocycles. The zero-order valence-electron chi connectivity index (χ0n) is 11.5. The summed E-state index contributed by atoms with van der Waals surface area (Å²) in [4.78, 5) is 1.45. The number of hydrogen-bond acceptors (Lipinski definition) is 4. The number of hydrogen-bond donors (Lipinski definition) is 1. The van der Waals surface area contributed by atoms with E-state index in [1.165, 1.54) is 4.80 Å². The molecule has 1 aromatic heterocycles. The van der Waals surface area contributed by atoms with Gasteiger partial charge in [0.25, 0.3) is 0 Å². The molecule has 0 spiro atoms. The SMILES string of the molecule is CCOc1ccc2nn(-c3cc(CBr)ccc3O)nc2c1. The van der Waals surface area contributed by atoms with E-state index in [1.807, 2.05) is 37.3 Å². The van der Waals surface area contributed by atoms with Crippen LogP contribution in [0.5, 0.6) is 11.5 Å². The van der Waals surface area contributed by atoms with Crippen LogP contribution in [0.3, 0.4) is 0 Å². The highest BCUT2D eigenvalue weighted by Crippen LogP contribution is 2.25. The molecule has 108 valence electrons. The van der Waals surface area contributed by atoms with E-state index in [0.717, 1.165) is 22.3 Å². The monoisotopic (exact) mass is 347 g/mol. The second-order valence-corrected chi connectivity index (χ2v) is 5.09. The number of alkyl halides is 1. The van der Waals surface area contributed by atoms with E-state index in [1.54, 1.807) is 6.07 Å². The lowest BCUT2D eigenvalue weighted by Gasteiger charge is -2.04. The largest absolute Gasteiger partial charge is 0.506 e. The van der Waals surface area contributed by atoms with Gasteiger partial charge in [-0.05, 0) is 36.8 Å². The first kappa shape index (κ1) is 13.9. The predicted octanol–water partition coefficient (Wildman–Crippen LogP) is 3.42. The molecule has 0 atom stereocenters. The number of phenolic OH excluding ortho intramolecular Hbond substituents is 1. The Bertz CT molecular complexity index is 786. The van der Waals surface area contributed by atoms with Crippen molar-refractivity contribution in [3.63, 3.8) is 0 Å². The van der Waals surface area contributed by atoms with Crippen LogP contribution in [-0.4, -0.2) is 26.7 Å². The van der Waals surface area contributed by atoms with E-state index in [2.05, 4.69) is 26.1 Å². The van der Waals surface area contributed by atoms with Crippen LogP contribution >= 0.6 is 15.9 Å². The Kier molecular flexibility index (Phi) is 3.79. The Morgan fingerprint density at radius 3 is 2.71 bits per heavy atom. The smallest absolute Gasteiger partial charge is 0.143 e. The van der Waals surface area contributed by atoms with Crippen molar-refractivity contribution in [2.24, 2.45) is 0 Å². The van der Waals surface area contributed by atoms with Crippen LogP contribution in [0.25, 0.3) is 16.7 Å². The van der Waals surface area contributed by atoms with E-state index in [-0.39, 0.29) is 5.75 Å². The molecule has 0 fully saturated rings. The standard InChI is InChI=1S/C15H14BrN3O2/c1-2-21-11-4-5-12-13(8-11)18-19(17-12)14-7-10(9-16)3-6-15(14)20/h3-8,20H,2,9H2,1H3. The Hall–Kier alpha value is -2.08. The van der Waals surface area contributed by atoms with Gasteiger partial charge in [-0.1, -0.05) is 22.0 Å². The summed E-state index contributed by atoms with van der Waals surface area (Å²) in [7, 11) is 0. The number of ether oxygens (including phenoxy) is 1. The zero-order chi connectivity index (χ0) is 14.8. The number of nitrogens with zero attached hydrogens (tertiary/aromatic N) is 3. The predicted molar refractivity (Wildman–Crippen MR) is 84.3 cm³/mol. The maximum absolute atomic E-state index is 10.0. The van der Waals surface area contributed by atoms with Crippen LogP contribution in [0.15, 0.2) is 36.4 Å². The molecular weight excluding hydrogens is 334 g/mol. The molecule has 1 heterocycles. The molecule has 0 radical (unpaired) electrons. The van der Waals surface area contributed by atoms with Crippen LogP contribution in [0, 0.1) is 0 Å². The van der Waals surface area contributed by atoms with Gasteiger partial charge >= 0.3 is 0 Å². The number of aromatic nitrogens is 3. The van der Waals surface area contributed by atoms with Crippen molar-refractivity contribution in [2.45, 2.75) is 12.3 Å². The minimum absolute atomic E-state index is 0.144. The summed E-state index contributed by atoms with van der Waals surface area (Å²) in [5, 5.41) is 19.5. The average molecular weight is 348 g/mol. The van der Waals surface area contributed by atoms with Crippen molar-refractivity contribution in [1.82, 2.24) is 15.0 Å². The third-order valence-corrected chi connectivity index (χ3v) is 3.72. The summed E-state index contributed by atoms with van der Waals surface area (Å²) < 4.78 is 5.46. The molecule has 0 amide bonds. The summed E-state index contributed by atoms with van der Waals surface area (Å²) in [6.07, 6.45) is 0. The van der Waals surface area contributed by atoms with Crippen molar-refractivity contribution in [1.29, 1.82) is 0 Å². The van der Waals surface area contributed by atoms with Crippen LogP contribution in [-0.2, 0) is 5.33 Å². The molecule has 3 rings (SSSR count). The maximum Gasteiger partial charge on any atom is 0.143 e. The minimum Gasteiger partial charge on any atom is -0.506 e. The molecule has 0 bridgehead atoms. The van der Waals surface area contributed by atoms with E-state index in [0.29, 0.717) is 17.6 Å². The van der Waals surface area contributed by atoms with E-state index >= 15 is 0 Å². The number of benzene rings is 2. The zero-order valence-corrected chi connectivity index (χ0v) is 13.0. The summed E-state index contributed by atoms with van der Waals surface area (Å²) in [5.74, 6) is 0.903. The summed E-state index contributed by atoms with van der Waals surface area (Å²) in [5.41, 5.74) is 3.08. The number of rotatable bonds is 4. The van der Waals surface area contributed by atoms with Crippen molar-refractivity contribution < 1.29 is 9.84 Å². The third kappa shape index (κ3) is 2.71. The summed E-state index contributed by atoms with van der Waals surface area (Å²) >= 11 is 3.40. The molecule has 3 aromatic rings. The van der Waals surface area contributed by atoms with E-state index < -0.39 is 0 Å². The van der Waals surface area contributed by atoms with Gasteiger partial charge in [0.05, 0.1) is 6.61 Å². The molecule has 0 saturated carbocycles. The molecule has 21 heavy (non-hydrogen) atoms. The highest BCUT2D eigenvalue weighted by Gasteiger charge is 2.10.